The standard InChI is InChI=1S/C15H12N2O5/c18-14(5-6-15(19)20)17-11(13-4-2-8-22-13)9-10(16-17)12-3-1-7-21-12/h1-9,11,16H,(H,19,20)/t11-/m0/s1. The van der Waals surface area contributed by atoms with E-state index in [1.165, 1.54) is 17.5 Å². The number of rotatable bonds is 4. The van der Waals surface area contributed by atoms with Crippen molar-refractivity contribution in [2.75, 3.05) is 0 Å². The van der Waals surface area contributed by atoms with Crippen LogP contribution in [0, 0.1) is 0 Å². The van der Waals surface area contributed by atoms with Gasteiger partial charge >= 0.3 is 5.97 Å². The number of hydrazine groups is 1. The van der Waals surface area contributed by atoms with Gasteiger partial charge in [0.05, 0.1) is 18.2 Å². The van der Waals surface area contributed by atoms with Crippen molar-refractivity contribution in [2.24, 2.45) is 0 Å². The SMILES string of the molecule is O=C(O)C=CC(=O)N1NC(c2ccco2)=C[C@H]1c1ccco1. The highest BCUT2D eigenvalue weighted by atomic mass is 16.4. The molecular weight excluding hydrogens is 288 g/mol. The van der Waals surface area contributed by atoms with Crippen LogP contribution in [0.3, 0.4) is 0 Å². The molecule has 0 saturated heterocycles. The third-order valence-corrected chi connectivity index (χ3v) is 3.07. The summed E-state index contributed by atoms with van der Waals surface area (Å²) in [4.78, 5) is 22.7. The number of carboxylic acid groups (broad SMARTS) is 1. The lowest BCUT2D eigenvalue weighted by Gasteiger charge is -2.22. The Hall–Kier alpha value is -3.22. The topological polar surface area (TPSA) is 95.9 Å². The Morgan fingerprint density at radius 1 is 1.18 bits per heavy atom. The maximum absolute atomic E-state index is 12.2. The molecule has 1 aliphatic rings. The smallest absolute Gasteiger partial charge is 0.328 e. The number of carbonyl (C=O) groups is 2. The average molecular weight is 300 g/mol. The lowest BCUT2D eigenvalue weighted by Crippen LogP contribution is -2.38. The van der Waals surface area contributed by atoms with Crippen molar-refractivity contribution < 1.29 is 23.5 Å². The Balaban J connectivity index is 1.89. The number of furan rings is 2. The lowest BCUT2D eigenvalue weighted by molar-refractivity contribution is -0.133. The number of nitrogens with zero attached hydrogens (tertiary/aromatic N) is 1. The summed E-state index contributed by atoms with van der Waals surface area (Å²) in [5.41, 5.74) is 3.50. The van der Waals surface area contributed by atoms with E-state index in [-0.39, 0.29) is 0 Å². The van der Waals surface area contributed by atoms with Gasteiger partial charge in [0.25, 0.3) is 5.91 Å². The van der Waals surface area contributed by atoms with Crippen LogP contribution >= 0.6 is 0 Å². The minimum atomic E-state index is -1.19. The van der Waals surface area contributed by atoms with Crippen LogP contribution in [0.4, 0.5) is 0 Å². The van der Waals surface area contributed by atoms with Crippen molar-refractivity contribution in [2.45, 2.75) is 6.04 Å². The summed E-state index contributed by atoms with van der Waals surface area (Å²) in [5, 5.41) is 9.91. The van der Waals surface area contributed by atoms with Gasteiger partial charge in [0.15, 0.2) is 5.76 Å². The molecule has 2 aromatic rings. The van der Waals surface area contributed by atoms with Crippen LogP contribution in [0.5, 0.6) is 0 Å². The first-order valence-corrected chi connectivity index (χ1v) is 6.45. The number of hydrogen-bond donors (Lipinski definition) is 2. The molecule has 0 aromatic carbocycles. The van der Waals surface area contributed by atoms with Crippen LogP contribution in [0.25, 0.3) is 5.70 Å². The fourth-order valence-corrected chi connectivity index (χ4v) is 2.12. The number of amides is 1. The van der Waals surface area contributed by atoms with E-state index >= 15 is 0 Å². The second kappa shape index (κ2) is 5.65. The second-order valence-corrected chi connectivity index (χ2v) is 4.51. The lowest BCUT2D eigenvalue weighted by atomic mass is 10.2. The molecule has 0 unspecified atom stereocenters. The van der Waals surface area contributed by atoms with E-state index in [1.54, 1.807) is 30.3 Å². The van der Waals surface area contributed by atoms with Crippen LogP contribution in [0.1, 0.15) is 17.6 Å². The van der Waals surface area contributed by atoms with Gasteiger partial charge in [-0.05, 0) is 30.3 Å². The van der Waals surface area contributed by atoms with Gasteiger partial charge in [0.2, 0.25) is 0 Å². The van der Waals surface area contributed by atoms with Gasteiger partial charge in [0.1, 0.15) is 11.8 Å². The number of carbonyl (C=O) groups excluding carboxylic acids is 1. The fraction of sp³-hybridized carbons (Fsp3) is 0.0667. The largest absolute Gasteiger partial charge is 0.478 e. The van der Waals surface area contributed by atoms with Crippen LogP contribution in [0.15, 0.2) is 63.9 Å². The number of hydrogen-bond acceptors (Lipinski definition) is 5. The zero-order valence-electron chi connectivity index (χ0n) is 11.3. The molecule has 2 aromatic heterocycles. The van der Waals surface area contributed by atoms with Crippen molar-refractivity contribution in [3.05, 3.63) is 66.5 Å². The molecule has 0 bridgehead atoms. The van der Waals surface area contributed by atoms with Gasteiger partial charge < -0.3 is 13.9 Å². The van der Waals surface area contributed by atoms with E-state index in [2.05, 4.69) is 5.43 Å². The minimum Gasteiger partial charge on any atom is -0.478 e. The summed E-state index contributed by atoms with van der Waals surface area (Å²) in [7, 11) is 0. The van der Waals surface area contributed by atoms with Crippen molar-refractivity contribution in [3.8, 4) is 0 Å². The first-order chi connectivity index (χ1) is 10.6. The van der Waals surface area contributed by atoms with E-state index < -0.39 is 17.9 Å². The maximum atomic E-state index is 12.2. The molecule has 7 nitrogen and oxygen atoms in total. The molecule has 112 valence electrons. The Bertz CT molecular complexity index is 728. The number of carboxylic acids is 1. The molecule has 0 spiro atoms. The summed E-state index contributed by atoms with van der Waals surface area (Å²) in [6.45, 7) is 0. The summed E-state index contributed by atoms with van der Waals surface area (Å²) in [6.07, 6.45) is 6.56. The Kier molecular flexibility index (Phi) is 3.53. The van der Waals surface area contributed by atoms with Crippen LogP contribution in [-0.4, -0.2) is 22.0 Å². The van der Waals surface area contributed by atoms with Crippen molar-refractivity contribution in [1.82, 2.24) is 10.4 Å². The molecule has 7 heteroatoms. The summed E-state index contributed by atoms with van der Waals surface area (Å²) in [6, 6.07) is 6.42. The van der Waals surface area contributed by atoms with Gasteiger partial charge in [-0.2, -0.15) is 0 Å². The molecule has 1 atom stereocenters. The summed E-state index contributed by atoms with van der Waals surface area (Å²) < 4.78 is 10.6. The molecule has 2 N–H and O–H groups in total. The summed E-state index contributed by atoms with van der Waals surface area (Å²) >= 11 is 0. The number of aliphatic carboxylic acids is 1. The van der Waals surface area contributed by atoms with E-state index in [1.807, 2.05) is 0 Å². The highest BCUT2D eigenvalue weighted by Gasteiger charge is 2.32. The van der Waals surface area contributed by atoms with E-state index in [9.17, 15) is 9.59 Å². The molecule has 0 saturated carbocycles. The first-order valence-electron chi connectivity index (χ1n) is 6.45. The third-order valence-electron chi connectivity index (χ3n) is 3.07. The maximum Gasteiger partial charge on any atom is 0.328 e. The van der Waals surface area contributed by atoms with E-state index in [0.29, 0.717) is 17.2 Å². The predicted octanol–water partition coefficient (Wildman–Crippen LogP) is 1.94. The zero-order valence-corrected chi connectivity index (χ0v) is 11.3. The van der Waals surface area contributed by atoms with Crippen LogP contribution in [-0.2, 0) is 9.59 Å². The van der Waals surface area contributed by atoms with Gasteiger partial charge in [-0.25, -0.2) is 9.80 Å². The van der Waals surface area contributed by atoms with E-state index in [0.717, 1.165) is 12.2 Å². The van der Waals surface area contributed by atoms with E-state index in [4.69, 9.17) is 13.9 Å². The minimum absolute atomic E-state index is 0.499. The molecule has 3 heterocycles. The molecule has 22 heavy (non-hydrogen) atoms. The Morgan fingerprint density at radius 2 is 1.95 bits per heavy atom. The average Bonchev–Trinajstić information content (AvgIpc) is 3.23. The normalized spacial score (nSPS) is 17.5. The van der Waals surface area contributed by atoms with Gasteiger partial charge in [-0.3, -0.25) is 10.2 Å². The van der Waals surface area contributed by atoms with Crippen LogP contribution in [0.2, 0.25) is 0 Å². The fourth-order valence-electron chi connectivity index (χ4n) is 2.12. The molecule has 0 fully saturated rings. The molecule has 1 amide bonds. The molecule has 0 radical (unpaired) electrons. The first kappa shape index (κ1) is 13.7. The number of nitrogens with one attached hydrogen (secondary N) is 1. The quantitative estimate of drug-likeness (QED) is 0.838. The third kappa shape index (κ3) is 2.64. The second-order valence-electron chi connectivity index (χ2n) is 4.51. The van der Waals surface area contributed by atoms with Crippen molar-refractivity contribution in [3.63, 3.8) is 0 Å². The monoisotopic (exact) mass is 300 g/mol. The van der Waals surface area contributed by atoms with Crippen molar-refractivity contribution in [1.29, 1.82) is 0 Å². The molecular formula is C15H12N2O5. The van der Waals surface area contributed by atoms with Crippen molar-refractivity contribution >= 4 is 17.6 Å². The predicted molar refractivity (Wildman–Crippen MR) is 74.9 cm³/mol. The summed E-state index contributed by atoms with van der Waals surface area (Å²) in [5.74, 6) is -0.594. The highest BCUT2D eigenvalue weighted by molar-refractivity contribution is 5.95. The van der Waals surface area contributed by atoms with Gasteiger partial charge in [0, 0.05) is 12.2 Å². The molecule has 3 rings (SSSR count). The zero-order chi connectivity index (χ0) is 15.5. The molecule has 1 aliphatic heterocycles. The Morgan fingerprint density at radius 3 is 2.59 bits per heavy atom. The molecule has 0 aliphatic carbocycles. The highest BCUT2D eigenvalue weighted by Crippen LogP contribution is 2.31. The van der Waals surface area contributed by atoms with Gasteiger partial charge in [-0.1, -0.05) is 0 Å². The Labute approximate surface area is 125 Å². The van der Waals surface area contributed by atoms with Crippen LogP contribution < -0.4 is 5.43 Å². The van der Waals surface area contributed by atoms with Gasteiger partial charge in [-0.15, -0.1) is 0 Å².